The molecular formula is C14H12BrNO2. The van der Waals surface area contributed by atoms with Crippen LogP contribution in [0.2, 0.25) is 0 Å². The minimum absolute atomic E-state index is 0.403. The summed E-state index contributed by atoms with van der Waals surface area (Å²) in [5.74, 6) is 0.698. The van der Waals surface area contributed by atoms with Gasteiger partial charge in [-0.3, -0.25) is 9.78 Å². The third-order valence-corrected chi connectivity index (χ3v) is 3.03. The first-order valence-corrected chi connectivity index (χ1v) is 6.28. The van der Waals surface area contributed by atoms with Gasteiger partial charge in [0.25, 0.3) is 0 Å². The molecule has 0 aliphatic carbocycles. The molecule has 0 radical (unpaired) electrons. The highest BCUT2D eigenvalue weighted by Crippen LogP contribution is 2.26. The van der Waals surface area contributed by atoms with E-state index in [-0.39, 0.29) is 0 Å². The van der Waals surface area contributed by atoms with Crippen LogP contribution in [0.1, 0.15) is 21.7 Å². The smallest absolute Gasteiger partial charge is 0.150 e. The number of aryl methyl sites for hydroxylation is 1. The van der Waals surface area contributed by atoms with E-state index in [1.54, 1.807) is 18.2 Å². The number of pyridine rings is 1. The van der Waals surface area contributed by atoms with Gasteiger partial charge in [-0.05, 0) is 53.2 Å². The fourth-order valence-electron chi connectivity index (χ4n) is 1.54. The molecule has 2 aromatic rings. The Balaban J connectivity index is 2.08. The third-order valence-electron chi connectivity index (χ3n) is 2.41. The molecule has 4 heteroatoms. The molecule has 1 heterocycles. The Bertz CT molecular complexity index is 569. The van der Waals surface area contributed by atoms with Gasteiger partial charge in [0.1, 0.15) is 18.6 Å². The Labute approximate surface area is 114 Å². The molecule has 1 aromatic heterocycles. The monoisotopic (exact) mass is 305 g/mol. The highest BCUT2D eigenvalue weighted by atomic mass is 79.9. The summed E-state index contributed by atoms with van der Waals surface area (Å²) in [6.45, 7) is 2.35. The second-order valence-corrected chi connectivity index (χ2v) is 4.72. The van der Waals surface area contributed by atoms with Crippen molar-refractivity contribution in [1.82, 2.24) is 4.98 Å². The minimum atomic E-state index is 0.403. The zero-order valence-corrected chi connectivity index (χ0v) is 11.5. The van der Waals surface area contributed by atoms with Crippen LogP contribution in [0.3, 0.4) is 0 Å². The van der Waals surface area contributed by atoms with E-state index in [4.69, 9.17) is 4.74 Å². The van der Waals surface area contributed by atoms with Crippen LogP contribution in [0.5, 0.6) is 5.75 Å². The predicted octanol–water partition coefficient (Wildman–Crippen LogP) is 3.54. The van der Waals surface area contributed by atoms with Gasteiger partial charge in [-0.15, -0.1) is 0 Å². The Morgan fingerprint density at radius 2 is 2.17 bits per heavy atom. The van der Waals surface area contributed by atoms with Gasteiger partial charge >= 0.3 is 0 Å². The summed E-state index contributed by atoms with van der Waals surface area (Å²) >= 11 is 3.37. The SMILES string of the molecule is Cc1cccc(COc2ccc(C=O)cc2Br)n1. The summed E-state index contributed by atoms with van der Waals surface area (Å²) < 4.78 is 6.42. The molecule has 0 saturated carbocycles. The van der Waals surface area contributed by atoms with E-state index in [9.17, 15) is 4.79 Å². The Hall–Kier alpha value is -1.68. The molecule has 18 heavy (non-hydrogen) atoms. The van der Waals surface area contributed by atoms with Crippen LogP contribution >= 0.6 is 15.9 Å². The van der Waals surface area contributed by atoms with E-state index in [2.05, 4.69) is 20.9 Å². The molecular weight excluding hydrogens is 294 g/mol. The van der Waals surface area contributed by atoms with E-state index >= 15 is 0 Å². The number of rotatable bonds is 4. The average Bonchev–Trinajstić information content (AvgIpc) is 2.37. The second kappa shape index (κ2) is 5.78. The van der Waals surface area contributed by atoms with Gasteiger partial charge < -0.3 is 4.74 Å². The molecule has 0 aliphatic heterocycles. The van der Waals surface area contributed by atoms with Crippen molar-refractivity contribution in [2.75, 3.05) is 0 Å². The molecule has 0 amide bonds. The van der Waals surface area contributed by atoms with Crippen molar-refractivity contribution < 1.29 is 9.53 Å². The molecule has 0 aliphatic rings. The lowest BCUT2D eigenvalue weighted by atomic mass is 10.2. The van der Waals surface area contributed by atoms with E-state index in [0.29, 0.717) is 17.9 Å². The van der Waals surface area contributed by atoms with Gasteiger partial charge in [-0.25, -0.2) is 0 Å². The fraction of sp³-hybridized carbons (Fsp3) is 0.143. The van der Waals surface area contributed by atoms with Crippen LogP contribution in [0.15, 0.2) is 40.9 Å². The molecule has 0 N–H and O–H groups in total. The van der Waals surface area contributed by atoms with Crippen LogP contribution in [-0.4, -0.2) is 11.3 Å². The summed E-state index contributed by atoms with van der Waals surface area (Å²) in [5, 5.41) is 0. The lowest BCUT2D eigenvalue weighted by Crippen LogP contribution is -1.99. The molecule has 2 rings (SSSR count). The van der Waals surface area contributed by atoms with Crippen molar-refractivity contribution in [3.63, 3.8) is 0 Å². The van der Waals surface area contributed by atoms with Gasteiger partial charge in [0.05, 0.1) is 10.2 Å². The minimum Gasteiger partial charge on any atom is -0.486 e. The maximum atomic E-state index is 10.6. The number of carbonyl (C=O) groups excluding carboxylic acids is 1. The zero-order chi connectivity index (χ0) is 13.0. The summed E-state index contributed by atoms with van der Waals surface area (Å²) in [6.07, 6.45) is 0.802. The molecule has 92 valence electrons. The molecule has 1 aromatic carbocycles. The predicted molar refractivity (Wildman–Crippen MR) is 72.8 cm³/mol. The number of ether oxygens (including phenoxy) is 1. The summed E-state index contributed by atoms with van der Waals surface area (Å²) in [7, 11) is 0. The van der Waals surface area contributed by atoms with Crippen molar-refractivity contribution in [2.45, 2.75) is 13.5 Å². The fourth-order valence-corrected chi connectivity index (χ4v) is 2.05. The molecule has 0 fully saturated rings. The van der Waals surface area contributed by atoms with Gasteiger partial charge in [-0.2, -0.15) is 0 Å². The van der Waals surface area contributed by atoms with Crippen LogP contribution in [-0.2, 0) is 6.61 Å². The molecule has 0 atom stereocenters. The van der Waals surface area contributed by atoms with Crippen molar-refractivity contribution in [3.8, 4) is 5.75 Å². The summed E-state index contributed by atoms with van der Waals surface area (Å²) in [5.41, 5.74) is 2.45. The normalized spacial score (nSPS) is 10.1. The number of aromatic nitrogens is 1. The first-order valence-electron chi connectivity index (χ1n) is 5.49. The zero-order valence-electron chi connectivity index (χ0n) is 9.89. The molecule has 3 nitrogen and oxygen atoms in total. The highest BCUT2D eigenvalue weighted by molar-refractivity contribution is 9.10. The van der Waals surface area contributed by atoms with Crippen molar-refractivity contribution >= 4 is 22.2 Å². The first kappa shape index (κ1) is 12.8. The largest absolute Gasteiger partial charge is 0.486 e. The lowest BCUT2D eigenvalue weighted by molar-refractivity contribution is 0.112. The van der Waals surface area contributed by atoms with Gasteiger partial charge in [0.15, 0.2) is 0 Å². The number of carbonyl (C=O) groups is 1. The van der Waals surface area contributed by atoms with E-state index in [1.165, 1.54) is 0 Å². The van der Waals surface area contributed by atoms with Gasteiger partial charge in [0, 0.05) is 11.3 Å². The summed E-state index contributed by atoms with van der Waals surface area (Å²) in [6, 6.07) is 11.0. The van der Waals surface area contributed by atoms with E-state index in [0.717, 1.165) is 22.1 Å². The molecule has 0 saturated heterocycles. The lowest BCUT2D eigenvalue weighted by Gasteiger charge is -2.08. The number of halogens is 1. The van der Waals surface area contributed by atoms with Crippen molar-refractivity contribution in [3.05, 3.63) is 57.8 Å². The van der Waals surface area contributed by atoms with Crippen LogP contribution in [0.4, 0.5) is 0 Å². The Kier molecular flexibility index (Phi) is 4.10. The molecule has 0 unspecified atom stereocenters. The maximum absolute atomic E-state index is 10.6. The number of hydrogen-bond acceptors (Lipinski definition) is 3. The van der Waals surface area contributed by atoms with Crippen molar-refractivity contribution in [1.29, 1.82) is 0 Å². The van der Waals surface area contributed by atoms with E-state index < -0.39 is 0 Å². The first-order chi connectivity index (χ1) is 8.69. The average molecular weight is 306 g/mol. The molecule has 0 bridgehead atoms. The van der Waals surface area contributed by atoms with Crippen LogP contribution in [0.25, 0.3) is 0 Å². The number of hydrogen-bond donors (Lipinski definition) is 0. The number of nitrogens with zero attached hydrogens (tertiary/aromatic N) is 1. The standard InChI is InChI=1S/C14H12BrNO2/c1-10-3-2-4-12(16-10)9-18-14-6-5-11(8-17)7-13(14)15/h2-8H,9H2,1H3. The quantitative estimate of drug-likeness (QED) is 0.811. The number of aldehydes is 1. The Morgan fingerprint density at radius 3 is 2.83 bits per heavy atom. The van der Waals surface area contributed by atoms with Crippen LogP contribution in [0, 0.1) is 6.92 Å². The highest BCUT2D eigenvalue weighted by Gasteiger charge is 2.03. The summed E-state index contributed by atoms with van der Waals surface area (Å²) in [4.78, 5) is 15.0. The van der Waals surface area contributed by atoms with Gasteiger partial charge in [0.2, 0.25) is 0 Å². The maximum Gasteiger partial charge on any atom is 0.150 e. The van der Waals surface area contributed by atoms with E-state index in [1.807, 2.05) is 25.1 Å². The topological polar surface area (TPSA) is 39.2 Å². The number of benzene rings is 1. The van der Waals surface area contributed by atoms with Crippen LogP contribution < -0.4 is 4.74 Å². The molecule has 0 spiro atoms. The van der Waals surface area contributed by atoms with Crippen molar-refractivity contribution in [2.24, 2.45) is 0 Å². The third kappa shape index (κ3) is 3.17. The van der Waals surface area contributed by atoms with Gasteiger partial charge in [-0.1, -0.05) is 6.07 Å². The second-order valence-electron chi connectivity index (χ2n) is 3.87. The Morgan fingerprint density at radius 1 is 1.33 bits per heavy atom.